The van der Waals surface area contributed by atoms with Crippen LogP contribution in [0.3, 0.4) is 0 Å². The quantitative estimate of drug-likeness (QED) is 0.780. The first-order valence-corrected chi connectivity index (χ1v) is 6.64. The Kier molecular flexibility index (Phi) is 5.26. The molecule has 1 amide bonds. The van der Waals surface area contributed by atoms with E-state index in [1.807, 2.05) is 4.90 Å². The van der Waals surface area contributed by atoms with Crippen molar-refractivity contribution in [3.05, 3.63) is 0 Å². The molecule has 0 radical (unpaired) electrons. The van der Waals surface area contributed by atoms with E-state index in [0.29, 0.717) is 12.0 Å². The van der Waals surface area contributed by atoms with Crippen molar-refractivity contribution in [1.29, 1.82) is 0 Å². The highest BCUT2D eigenvalue weighted by Gasteiger charge is 2.32. The van der Waals surface area contributed by atoms with Crippen LogP contribution < -0.4 is 5.73 Å². The highest BCUT2D eigenvalue weighted by molar-refractivity contribution is 5.82. The Morgan fingerprint density at radius 2 is 2.19 bits per heavy atom. The number of nitrogens with two attached hydrogens (primary N) is 1. The van der Waals surface area contributed by atoms with Gasteiger partial charge in [-0.15, -0.1) is 0 Å². The molecule has 0 aromatic carbocycles. The predicted molar refractivity (Wildman–Crippen MR) is 67.1 cm³/mol. The van der Waals surface area contributed by atoms with Gasteiger partial charge in [0.25, 0.3) is 0 Å². The molecule has 0 aliphatic carbocycles. The van der Waals surface area contributed by atoms with Crippen molar-refractivity contribution in [1.82, 2.24) is 4.90 Å². The van der Waals surface area contributed by atoms with E-state index in [4.69, 9.17) is 5.73 Å². The summed E-state index contributed by atoms with van der Waals surface area (Å²) in [4.78, 5) is 14.2. The maximum Gasteiger partial charge on any atom is 0.239 e. The molecule has 2 unspecified atom stereocenters. The first-order chi connectivity index (χ1) is 7.57. The second kappa shape index (κ2) is 6.24. The Bertz CT molecular complexity index is 228. The number of carbonyl (C=O) groups excluding carboxylic acids is 1. The van der Waals surface area contributed by atoms with Gasteiger partial charge in [0.15, 0.2) is 0 Å². The molecule has 0 bridgehead atoms. The molecule has 1 rings (SSSR count). The van der Waals surface area contributed by atoms with E-state index in [2.05, 4.69) is 20.8 Å². The average molecular weight is 226 g/mol. The second-order valence-electron chi connectivity index (χ2n) is 5.23. The molecular formula is C13H26N2O. The minimum Gasteiger partial charge on any atom is -0.338 e. The monoisotopic (exact) mass is 226 g/mol. The van der Waals surface area contributed by atoms with E-state index in [1.165, 1.54) is 0 Å². The smallest absolute Gasteiger partial charge is 0.239 e. The zero-order valence-corrected chi connectivity index (χ0v) is 10.9. The fourth-order valence-corrected chi connectivity index (χ4v) is 2.52. The van der Waals surface area contributed by atoms with Crippen molar-refractivity contribution >= 4 is 5.91 Å². The van der Waals surface area contributed by atoms with Crippen LogP contribution >= 0.6 is 0 Å². The van der Waals surface area contributed by atoms with Crippen LogP contribution in [0.15, 0.2) is 0 Å². The Labute approximate surface area is 99.4 Å². The normalized spacial score (nSPS) is 22.8. The fourth-order valence-electron chi connectivity index (χ4n) is 2.52. The summed E-state index contributed by atoms with van der Waals surface area (Å²) in [5, 5.41) is 0. The van der Waals surface area contributed by atoms with Gasteiger partial charge in [0.1, 0.15) is 0 Å². The van der Waals surface area contributed by atoms with Crippen LogP contribution in [0.25, 0.3) is 0 Å². The topological polar surface area (TPSA) is 46.3 Å². The van der Waals surface area contributed by atoms with Crippen molar-refractivity contribution in [3.63, 3.8) is 0 Å². The summed E-state index contributed by atoms with van der Waals surface area (Å²) in [5.41, 5.74) is 5.95. The van der Waals surface area contributed by atoms with E-state index < -0.39 is 0 Å². The summed E-state index contributed by atoms with van der Waals surface area (Å²) in [6.45, 7) is 7.41. The van der Waals surface area contributed by atoms with Crippen molar-refractivity contribution in [2.45, 2.75) is 65.0 Å². The Balaban J connectivity index is 2.51. The molecule has 3 nitrogen and oxygen atoms in total. The molecular weight excluding hydrogens is 200 g/mol. The van der Waals surface area contributed by atoms with Gasteiger partial charge in [-0.3, -0.25) is 4.79 Å². The third-order valence-electron chi connectivity index (χ3n) is 3.54. The average Bonchev–Trinajstić information content (AvgIpc) is 2.73. The number of rotatable bonds is 5. The van der Waals surface area contributed by atoms with Gasteiger partial charge in [0.2, 0.25) is 5.91 Å². The highest BCUT2D eigenvalue weighted by Crippen LogP contribution is 2.24. The van der Waals surface area contributed by atoms with E-state index in [9.17, 15) is 4.79 Å². The molecule has 0 spiro atoms. The number of nitrogens with zero attached hydrogens (tertiary/aromatic N) is 1. The van der Waals surface area contributed by atoms with Crippen LogP contribution in [-0.4, -0.2) is 29.4 Å². The maximum atomic E-state index is 12.2. The zero-order valence-electron chi connectivity index (χ0n) is 10.9. The number of hydrogen-bond acceptors (Lipinski definition) is 2. The van der Waals surface area contributed by atoms with Gasteiger partial charge in [-0.2, -0.15) is 0 Å². The van der Waals surface area contributed by atoms with Crippen LogP contribution in [-0.2, 0) is 4.79 Å². The number of amides is 1. The molecule has 1 heterocycles. The van der Waals surface area contributed by atoms with Crippen LogP contribution in [0.4, 0.5) is 0 Å². The molecule has 94 valence electrons. The van der Waals surface area contributed by atoms with Crippen molar-refractivity contribution in [2.75, 3.05) is 6.54 Å². The lowest BCUT2D eigenvalue weighted by atomic mass is 10.0. The second-order valence-corrected chi connectivity index (χ2v) is 5.23. The standard InChI is InChI=1S/C13H26N2O/c1-4-5-7-11(14)13(16)15-9-6-8-12(15)10(2)3/h10-12H,4-9,14H2,1-3H3. The molecule has 2 atom stereocenters. The van der Waals surface area contributed by atoms with E-state index in [-0.39, 0.29) is 11.9 Å². The summed E-state index contributed by atoms with van der Waals surface area (Å²) >= 11 is 0. The summed E-state index contributed by atoms with van der Waals surface area (Å²) in [5.74, 6) is 0.717. The van der Waals surface area contributed by atoms with Gasteiger partial charge in [-0.1, -0.05) is 33.6 Å². The molecule has 1 fully saturated rings. The van der Waals surface area contributed by atoms with Gasteiger partial charge in [0.05, 0.1) is 6.04 Å². The van der Waals surface area contributed by atoms with Crippen LogP contribution in [0.2, 0.25) is 0 Å². The van der Waals surface area contributed by atoms with Gasteiger partial charge in [-0.05, 0) is 25.2 Å². The number of unbranched alkanes of at least 4 members (excludes halogenated alkanes) is 1. The van der Waals surface area contributed by atoms with E-state index >= 15 is 0 Å². The van der Waals surface area contributed by atoms with E-state index in [1.54, 1.807) is 0 Å². The Hall–Kier alpha value is -0.570. The molecule has 1 saturated heterocycles. The molecule has 3 heteroatoms. The van der Waals surface area contributed by atoms with Crippen molar-refractivity contribution < 1.29 is 4.79 Å². The third kappa shape index (κ3) is 3.21. The number of likely N-dealkylation sites (tertiary alicyclic amines) is 1. The predicted octanol–water partition coefficient (Wildman–Crippen LogP) is 2.15. The van der Waals surface area contributed by atoms with Gasteiger partial charge in [-0.25, -0.2) is 0 Å². The molecule has 1 aliphatic heterocycles. The maximum absolute atomic E-state index is 12.2. The zero-order chi connectivity index (χ0) is 12.1. The fraction of sp³-hybridized carbons (Fsp3) is 0.923. The summed E-state index contributed by atoms with van der Waals surface area (Å²) in [6.07, 6.45) is 5.26. The van der Waals surface area contributed by atoms with Gasteiger partial charge in [0, 0.05) is 12.6 Å². The summed E-state index contributed by atoms with van der Waals surface area (Å²) in [6, 6.07) is 0.138. The summed E-state index contributed by atoms with van der Waals surface area (Å²) < 4.78 is 0. The number of carbonyl (C=O) groups is 1. The highest BCUT2D eigenvalue weighted by atomic mass is 16.2. The van der Waals surface area contributed by atoms with Gasteiger partial charge < -0.3 is 10.6 Å². The van der Waals surface area contributed by atoms with E-state index in [0.717, 1.165) is 38.6 Å². The molecule has 16 heavy (non-hydrogen) atoms. The molecule has 0 aromatic heterocycles. The Morgan fingerprint density at radius 3 is 2.75 bits per heavy atom. The first kappa shape index (κ1) is 13.5. The van der Waals surface area contributed by atoms with Gasteiger partial charge >= 0.3 is 0 Å². The lowest BCUT2D eigenvalue weighted by Gasteiger charge is -2.30. The first-order valence-electron chi connectivity index (χ1n) is 6.64. The molecule has 1 aliphatic rings. The van der Waals surface area contributed by atoms with Crippen LogP contribution in [0.1, 0.15) is 52.9 Å². The molecule has 0 aromatic rings. The third-order valence-corrected chi connectivity index (χ3v) is 3.54. The summed E-state index contributed by atoms with van der Waals surface area (Å²) in [7, 11) is 0. The van der Waals surface area contributed by atoms with Crippen LogP contribution in [0.5, 0.6) is 0 Å². The molecule has 0 saturated carbocycles. The van der Waals surface area contributed by atoms with Crippen LogP contribution in [0, 0.1) is 5.92 Å². The SMILES string of the molecule is CCCCC(N)C(=O)N1CCCC1C(C)C. The van der Waals surface area contributed by atoms with Crippen molar-refractivity contribution in [2.24, 2.45) is 11.7 Å². The molecule has 2 N–H and O–H groups in total. The minimum absolute atomic E-state index is 0.171. The largest absolute Gasteiger partial charge is 0.338 e. The number of hydrogen-bond donors (Lipinski definition) is 1. The lowest BCUT2D eigenvalue weighted by molar-refractivity contribution is -0.134. The minimum atomic E-state index is -0.278. The Morgan fingerprint density at radius 1 is 1.50 bits per heavy atom. The van der Waals surface area contributed by atoms with Crippen molar-refractivity contribution in [3.8, 4) is 0 Å². The lowest BCUT2D eigenvalue weighted by Crippen LogP contribution is -2.47.